The highest BCUT2D eigenvalue weighted by atomic mass is 16.7. The van der Waals surface area contributed by atoms with E-state index in [1.54, 1.807) is 12.1 Å². The molecular weight excluding hydrogens is 394 g/mol. The lowest BCUT2D eigenvalue weighted by Crippen LogP contribution is -2.28. The van der Waals surface area contributed by atoms with E-state index < -0.39 is 6.09 Å². The molecule has 0 radical (unpaired) electrons. The highest BCUT2D eigenvalue weighted by molar-refractivity contribution is 5.84. The number of amides is 1. The molecule has 1 saturated carbocycles. The molecule has 3 aromatic rings. The van der Waals surface area contributed by atoms with Crippen LogP contribution in [0.25, 0.3) is 0 Å². The first-order valence-electron chi connectivity index (χ1n) is 10.2. The van der Waals surface area contributed by atoms with Gasteiger partial charge in [-0.05, 0) is 35.7 Å². The number of para-hydroxylation sites is 1. The maximum absolute atomic E-state index is 11.4. The molecule has 31 heavy (non-hydrogen) atoms. The van der Waals surface area contributed by atoms with Crippen LogP contribution in [0.2, 0.25) is 0 Å². The van der Waals surface area contributed by atoms with Gasteiger partial charge in [0, 0.05) is 11.5 Å². The Morgan fingerprint density at radius 3 is 2.55 bits per heavy atom. The topological polar surface area (TPSA) is 68.2 Å². The Balaban J connectivity index is 1.37. The molecule has 0 spiro atoms. The van der Waals surface area contributed by atoms with Crippen molar-refractivity contribution in [3.63, 3.8) is 0 Å². The zero-order valence-corrected chi connectivity index (χ0v) is 17.3. The lowest BCUT2D eigenvalue weighted by molar-refractivity contribution is 0.102. The summed E-state index contributed by atoms with van der Waals surface area (Å²) in [7, 11) is 1.32. The second-order valence-electron chi connectivity index (χ2n) is 7.43. The van der Waals surface area contributed by atoms with Crippen molar-refractivity contribution < 1.29 is 24.2 Å². The van der Waals surface area contributed by atoms with Gasteiger partial charge in [-0.3, -0.25) is 4.84 Å². The molecule has 0 bridgehead atoms. The van der Waals surface area contributed by atoms with Crippen LogP contribution in [0.5, 0.6) is 5.75 Å². The Morgan fingerprint density at radius 2 is 1.77 bits per heavy atom. The largest absolute Gasteiger partial charge is 0.489 e. The van der Waals surface area contributed by atoms with Gasteiger partial charge in [-0.25, -0.2) is 4.79 Å². The third kappa shape index (κ3) is 5.23. The number of hydrogen-bond acceptors (Lipinski definition) is 4. The Morgan fingerprint density at radius 1 is 1.00 bits per heavy atom. The summed E-state index contributed by atoms with van der Waals surface area (Å²) in [5, 5.41) is 10.2. The van der Waals surface area contributed by atoms with Crippen molar-refractivity contribution in [3.8, 4) is 5.75 Å². The quantitative estimate of drug-likeness (QED) is 0.471. The maximum atomic E-state index is 11.4. The van der Waals surface area contributed by atoms with Gasteiger partial charge >= 0.3 is 6.09 Å². The minimum absolute atomic E-state index is 0.224. The van der Waals surface area contributed by atoms with E-state index >= 15 is 0 Å². The first-order chi connectivity index (χ1) is 15.2. The molecule has 6 heteroatoms. The smallest absolute Gasteiger partial charge is 0.436 e. The monoisotopic (exact) mass is 419 g/mol. The molecule has 4 rings (SSSR count). The van der Waals surface area contributed by atoms with Crippen LogP contribution in [0.4, 0.5) is 10.5 Å². The summed E-state index contributed by atoms with van der Waals surface area (Å²) in [5.74, 6) is 1.11. The van der Waals surface area contributed by atoms with Crippen molar-refractivity contribution in [2.75, 3.05) is 12.2 Å². The third-order valence-electron chi connectivity index (χ3n) is 5.29. The molecule has 160 valence electrons. The van der Waals surface area contributed by atoms with Crippen LogP contribution in [0.15, 0.2) is 78.9 Å². The number of ether oxygens (including phenoxy) is 2. The van der Waals surface area contributed by atoms with Gasteiger partial charge in [0.2, 0.25) is 0 Å². The second-order valence-corrected chi connectivity index (χ2v) is 7.43. The number of carbonyl (C=O) groups is 1. The number of hydrogen-bond donors (Lipinski definition) is 1. The standard InChI is InChI=1S/C25H25NO5/c1-29-26(25(27)28)23-13-6-5-10-20(23)17-30-21-12-7-11-19(14-21)22-15-24(22)31-16-18-8-3-2-4-9-18/h2-14,22,24H,15-17H2,1H3,(H,27,28). The van der Waals surface area contributed by atoms with Crippen LogP contribution in [0, 0.1) is 0 Å². The number of anilines is 1. The molecule has 1 aliphatic rings. The van der Waals surface area contributed by atoms with Crippen LogP contribution in [-0.4, -0.2) is 24.4 Å². The first-order valence-corrected chi connectivity index (χ1v) is 10.2. The first kappa shape index (κ1) is 20.9. The Bertz CT molecular complexity index is 1020. The normalized spacial score (nSPS) is 17.2. The molecule has 1 amide bonds. The number of carboxylic acid groups (broad SMARTS) is 1. The molecule has 0 aliphatic heterocycles. The van der Waals surface area contributed by atoms with Crippen LogP contribution in [0.1, 0.15) is 29.0 Å². The molecule has 0 saturated heterocycles. The maximum Gasteiger partial charge on any atom is 0.436 e. The van der Waals surface area contributed by atoms with Crippen LogP contribution in [0.3, 0.4) is 0 Å². The fourth-order valence-electron chi connectivity index (χ4n) is 3.59. The number of benzene rings is 3. The van der Waals surface area contributed by atoms with Gasteiger partial charge < -0.3 is 14.6 Å². The Kier molecular flexibility index (Phi) is 6.50. The summed E-state index contributed by atoms with van der Waals surface area (Å²) < 4.78 is 12.0. The van der Waals surface area contributed by atoms with E-state index in [1.165, 1.54) is 18.2 Å². The fourth-order valence-corrected chi connectivity index (χ4v) is 3.59. The minimum Gasteiger partial charge on any atom is -0.489 e. The molecule has 1 N–H and O–H groups in total. The number of hydroxylamine groups is 1. The van der Waals surface area contributed by atoms with Crippen LogP contribution >= 0.6 is 0 Å². The van der Waals surface area contributed by atoms with Gasteiger partial charge in [0.25, 0.3) is 0 Å². The van der Waals surface area contributed by atoms with Gasteiger partial charge in [-0.1, -0.05) is 60.7 Å². The van der Waals surface area contributed by atoms with Crippen molar-refractivity contribution in [2.24, 2.45) is 0 Å². The summed E-state index contributed by atoms with van der Waals surface area (Å²) in [6.07, 6.45) is 0.0369. The lowest BCUT2D eigenvalue weighted by atomic mass is 10.1. The number of rotatable bonds is 9. The lowest BCUT2D eigenvalue weighted by Gasteiger charge is -2.19. The van der Waals surface area contributed by atoms with E-state index in [-0.39, 0.29) is 12.7 Å². The highest BCUT2D eigenvalue weighted by Crippen LogP contribution is 2.44. The predicted molar refractivity (Wildman–Crippen MR) is 117 cm³/mol. The SMILES string of the molecule is CON(C(=O)O)c1ccccc1COc1cccc(C2CC2OCc2ccccc2)c1. The summed E-state index contributed by atoms with van der Waals surface area (Å²) in [6.45, 7) is 0.847. The van der Waals surface area contributed by atoms with E-state index in [1.807, 2.05) is 48.5 Å². The molecule has 1 aliphatic carbocycles. The highest BCUT2D eigenvalue weighted by Gasteiger charge is 2.39. The van der Waals surface area contributed by atoms with Gasteiger partial charge in [-0.2, -0.15) is 5.06 Å². The molecule has 2 unspecified atom stereocenters. The van der Waals surface area contributed by atoms with E-state index in [0.29, 0.717) is 23.8 Å². The van der Waals surface area contributed by atoms with E-state index in [2.05, 4.69) is 18.2 Å². The molecule has 0 heterocycles. The summed E-state index contributed by atoms with van der Waals surface area (Å²) in [6, 6.07) is 25.3. The van der Waals surface area contributed by atoms with E-state index in [9.17, 15) is 9.90 Å². The Hall–Kier alpha value is -3.35. The summed E-state index contributed by atoms with van der Waals surface area (Å²) in [4.78, 5) is 16.4. The molecule has 6 nitrogen and oxygen atoms in total. The average Bonchev–Trinajstić information content (AvgIpc) is 3.58. The van der Waals surface area contributed by atoms with Gasteiger partial charge in [0.1, 0.15) is 12.4 Å². The third-order valence-corrected chi connectivity index (χ3v) is 5.29. The Labute approximate surface area is 181 Å². The van der Waals surface area contributed by atoms with Gasteiger partial charge in [0.05, 0.1) is 25.5 Å². The van der Waals surface area contributed by atoms with Crippen molar-refractivity contribution in [1.29, 1.82) is 0 Å². The minimum atomic E-state index is -1.19. The van der Waals surface area contributed by atoms with Gasteiger partial charge in [-0.15, -0.1) is 0 Å². The molecule has 2 atom stereocenters. The zero-order chi connectivity index (χ0) is 21.6. The van der Waals surface area contributed by atoms with Crippen LogP contribution in [-0.2, 0) is 22.8 Å². The second kappa shape index (κ2) is 9.64. The molecular formula is C25H25NO5. The molecule has 1 fully saturated rings. The zero-order valence-electron chi connectivity index (χ0n) is 17.3. The fraction of sp³-hybridized carbons (Fsp3) is 0.240. The summed E-state index contributed by atoms with van der Waals surface area (Å²) >= 11 is 0. The van der Waals surface area contributed by atoms with Crippen molar-refractivity contribution in [1.82, 2.24) is 0 Å². The van der Waals surface area contributed by atoms with Gasteiger partial charge in [0.15, 0.2) is 0 Å². The van der Waals surface area contributed by atoms with Crippen molar-refractivity contribution in [3.05, 3.63) is 95.6 Å². The van der Waals surface area contributed by atoms with Crippen molar-refractivity contribution in [2.45, 2.75) is 31.7 Å². The van der Waals surface area contributed by atoms with Crippen molar-refractivity contribution >= 4 is 11.8 Å². The van der Waals surface area contributed by atoms with E-state index in [0.717, 1.165) is 17.2 Å². The van der Waals surface area contributed by atoms with E-state index in [4.69, 9.17) is 14.3 Å². The summed E-state index contributed by atoms with van der Waals surface area (Å²) in [5.41, 5.74) is 3.51. The molecule has 0 aromatic heterocycles. The van der Waals surface area contributed by atoms with Crippen LogP contribution < -0.4 is 9.80 Å². The molecule has 3 aromatic carbocycles. The predicted octanol–water partition coefficient (Wildman–Crippen LogP) is 5.38. The average molecular weight is 419 g/mol. The number of nitrogens with zero attached hydrogens (tertiary/aromatic N) is 1.